The normalized spacial score (nSPS) is 19.1. The fourth-order valence-corrected chi connectivity index (χ4v) is 5.66. The molecule has 2 atom stereocenters. The molecule has 2 aliphatic rings. The second-order valence-corrected chi connectivity index (χ2v) is 10.5. The highest BCUT2D eigenvalue weighted by molar-refractivity contribution is 5.91. The molecule has 1 aliphatic heterocycles. The second kappa shape index (κ2) is 12.4. The van der Waals surface area contributed by atoms with Crippen LogP contribution < -0.4 is 14.4 Å². The molecular weight excluding hydrogens is 586 g/mol. The summed E-state index contributed by atoms with van der Waals surface area (Å²) in [5, 5.41) is 0. The van der Waals surface area contributed by atoms with Crippen molar-refractivity contribution in [2.75, 3.05) is 26.2 Å². The minimum atomic E-state index is -5.07. The molecule has 2 amide bonds. The Hall–Kier alpha value is -3.84. The predicted molar refractivity (Wildman–Crippen MR) is 142 cm³/mol. The average Bonchev–Trinajstić information content (AvgIpc) is 3.46. The number of anilines is 1. The summed E-state index contributed by atoms with van der Waals surface area (Å²) in [5.41, 5.74) is -2.80. The number of nitrogens with zero attached hydrogens (tertiary/aromatic N) is 2. The van der Waals surface area contributed by atoms with E-state index in [1.165, 1.54) is 31.3 Å². The van der Waals surface area contributed by atoms with Crippen LogP contribution in [0.3, 0.4) is 0 Å². The fraction of sp³-hybridized carbons (Fsp3) is 0.517. The first-order valence-electron chi connectivity index (χ1n) is 13.6. The minimum absolute atomic E-state index is 0.0228. The Bertz CT molecular complexity index is 1310. The zero-order chi connectivity index (χ0) is 31.7. The van der Waals surface area contributed by atoms with Crippen molar-refractivity contribution < 1.29 is 54.9 Å². The maximum Gasteiger partial charge on any atom is 0.416 e. The molecule has 2 aromatic carbocycles. The first-order valence-corrected chi connectivity index (χ1v) is 13.6. The molecule has 1 fully saturated rings. The second-order valence-electron chi connectivity index (χ2n) is 10.5. The van der Waals surface area contributed by atoms with Gasteiger partial charge in [-0.25, -0.2) is 9.59 Å². The van der Waals surface area contributed by atoms with Crippen molar-refractivity contribution in [2.24, 2.45) is 0 Å². The quantitative estimate of drug-likeness (QED) is 0.309. The number of benzene rings is 2. The zero-order valence-electron chi connectivity index (χ0n) is 24.0. The molecule has 0 N–H and O–H groups in total. The molecule has 4 rings (SSSR count). The molecule has 0 aromatic heterocycles. The van der Waals surface area contributed by atoms with Gasteiger partial charge < -0.3 is 18.9 Å². The molecule has 0 radical (unpaired) electrons. The van der Waals surface area contributed by atoms with Gasteiger partial charge in [0.15, 0.2) is 11.5 Å². The molecule has 0 bridgehead atoms. The number of hydrogen-bond donors (Lipinski definition) is 0. The van der Waals surface area contributed by atoms with Crippen LogP contribution in [0.2, 0.25) is 0 Å². The topological polar surface area (TPSA) is 77.5 Å². The number of carbonyl (C=O) groups excluding carboxylic acids is 2. The fourth-order valence-electron chi connectivity index (χ4n) is 5.66. The number of carbonyl (C=O) groups is 2. The molecule has 43 heavy (non-hydrogen) atoms. The maximum absolute atomic E-state index is 13.6. The molecule has 8 nitrogen and oxygen atoms in total. The third-order valence-electron chi connectivity index (χ3n) is 7.71. The maximum atomic E-state index is 13.6. The van der Waals surface area contributed by atoms with Crippen LogP contribution in [-0.2, 0) is 28.4 Å². The van der Waals surface area contributed by atoms with Gasteiger partial charge in [0.2, 0.25) is 0 Å². The van der Waals surface area contributed by atoms with Gasteiger partial charge in [-0.15, -0.1) is 0 Å². The summed E-state index contributed by atoms with van der Waals surface area (Å²) in [6.07, 6.45) is -8.64. The number of fused-ring (bicyclic) bond motifs is 1. The van der Waals surface area contributed by atoms with Crippen molar-refractivity contribution in [3.63, 3.8) is 0 Å². The SMILES string of the molecule is COC(=O)N(Cc1cc(C(F)(F)F)cc(C(F)(F)F)c1)C1CC(C)N(C(=O)OC2CCCC2)c2cc(OC)c(OC)cc21. The third kappa shape index (κ3) is 6.88. The average molecular weight is 619 g/mol. The van der Waals surface area contributed by atoms with Crippen LogP contribution in [0.25, 0.3) is 0 Å². The molecule has 2 unspecified atom stereocenters. The van der Waals surface area contributed by atoms with Gasteiger partial charge in [0.05, 0.1) is 44.2 Å². The lowest BCUT2D eigenvalue weighted by atomic mass is 9.90. The first-order chi connectivity index (χ1) is 20.2. The van der Waals surface area contributed by atoms with Gasteiger partial charge in [0.1, 0.15) is 6.10 Å². The van der Waals surface area contributed by atoms with Gasteiger partial charge >= 0.3 is 24.5 Å². The number of halogens is 6. The largest absolute Gasteiger partial charge is 0.493 e. The van der Waals surface area contributed by atoms with Crippen LogP contribution in [-0.4, -0.2) is 50.6 Å². The molecule has 1 heterocycles. The van der Waals surface area contributed by atoms with Gasteiger partial charge in [-0.2, -0.15) is 26.3 Å². The Balaban J connectivity index is 1.82. The Morgan fingerprint density at radius 2 is 1.44 bits per heavy atom. The summed E-state index contributed by atoms with van der Waals surface area (Å²) in [5.74, 6) is 0.484. The van der Waals surface area contributed by atoms with Crippen LogP contribution in [0, 0.1) is 0 Å². The molecule has 1 saturated carbocycles. The number of methoxy groups -OCH3 is 3. The summed E-state index contributed by atoms with van der Waals surface area (Å²) < 4.78 is 103. The van der Waals surface area contributed by atoms with Gasteiger partial charge in [0, 0.05) is 24.2 Å². The summed E-state index contributed by atoms with van der Waals surface area (Å²) in [6, 6.07) is 2.64. The van der Waals surface area contributed by atoms with E-state index in [2.05, 4.69) is 0 Å². The Labute approximate surface area is 244 Å². The molecule has 14 heteroatoms. The lowest BCUT2D eigenvalue weighted by Crippen LogP contribution is -2.48. The minimum Gasteiger partial charge on any atom is -0.493 e. The van der Waals surface area contributed by atoms with Crippen molar-refractivity contribution in [2.45, 2.75) is 76.1 Å². The van der Waals surface area contributed by atoms with Crippen molar-refractivity contribution in [1.82, 2.24) is 4.90 Å². The number of alkyl halides is 6. The van der Waals surface area contributed by atoms with Crippen LogP contribution in [0.4, 0.5) is 41.6 Å². The third-order valence-corrected chi connectivity index (χ3v) is 7.71. The van der Waals surface area contributed by atoms with E-state index in [-0.39, 0.29) is 30.1 Å². The van der Waals surface area contributed by atoms with E-state index in [0.717, 1.165) is 37.7 Å². The van der Waals surface area contributed by atoms with Crippen LogP contribution in [0.1, 0.15) is 67.3 Å². The number of hydrogen-bond acceptors (Lipinski definition) is 6. The van der Waals surface area contributed by atoms with Crippen molar-refractivity contribution in [3.05, 3.63) is 52.6 Å². The molecule has 0 saturated heterocycles. The summed E-state index contributed by atoms with van der Waals surface area (Å²) >= 11 is 0. The van der Waals surface area contributed by atoms with Crippen LogP contribution in [0.5, 0.6) is 11.5 Å². The molecular formula is C29H32F6N2O6. The summed E-state index contributed by atoms with van der Waals surface area (Å²) in [4.78, 5) is 29.0. The van der Waals surface area contributed by atoms with Crippen LogP contribution >= 0.6 is 0 Å². The van der Waals surface area contributed by atoms with E-state index in [1.807, 2.05) is 0 Å². The van der Waals surface area contributed by atoms with Crippen LogP contribution in [0.15, 0.2) is 30.3 Å². The zero-order valence-corrected chi connectivity index (χ0v) is 24.0. The molecule has 1 aliphatic carbocycles. The molecule has 2 aromatic rings. The number of ether oxygens (including phenoxy) is 4. The van der Waals surface area contributed by atoms with E-state index < -0.39 is 59.9 Å². The van der Waals surface area contributed by atoms with Gasteiger partial charge in [-0.3, -0.25) is 9.80 Å². The summed E-state index contributed by atoms with van der Waals surface area (Å²) in [6.45, 7) is 1.04. The number of amides is 2. The Morgan fingerprint density at radius 1 is 0.884 bits per heavy atom. The molecule has 236 valence electrons. The highest BCUT2D eigenvalue weighted by Gasteiger charge is 2.42. The van der Waals surface area contributed by atoms with Crippen molar-refractivity contribution >= 4 is 17.9 Å². The Kier molecular flexibility index (Phi) is 9.26. The van der Waals surface area contributed by atoms with Gasteiger partial charge in [-0.1, -0.05) is 0 Å². The van der Waals surface area contributed by atoms with Crippen molar-refractivity contribution in [1.29, 1.82) is 0 Å². The van der Waals surface area contributed by atoms with Crippen molar-refractivity contribution in [3.8, 4) is 11.5 Å². The van der Waals surface area contributed by atoms with Gasteiger partial charge in [0.25, 0.3) is 0 Å². The first kappa shape index (κ1) is 32.1. The lowest BCUT2D eigenvalue weighted by molar-refractivity contribution is -0.143. The Morgan fingerprint density at radius 3 is 1.95 bits per heavy atom. The standard InChI is InChI=1S/C29H32F6N2O6/c1-16-9-22(36(26(38)42-4)15-17-10-18(28(30,31)32)12-19(11-17)29(33,34)35)21-13-24(40-2)25(41-3)14-23(21)37(16)27(39)43-20-7-5-6-8-20/h10-14,16,20,22H,5-9,15H2,1-4H3. The summed E-state index contributed by atoms with van der Waals surface area (Å²) in [7, 11) is 3.81. The van der Waals surface area contributed by atoms with E-state index in [1.54, 1.807) is 6.92 Å². The van der Waals surface area contributed by atoms with E-state index >= 15 is 0 Å². The molecule has 0 spiro atoms. The monoisotopic (exact) mass is 618 g/mol. The number of rotatable bonds is 6. The highest BCUT2D eigenvalue weighted by atomic mass is 19.4. The van der Waals surface area contributed by atoms with E-state index in [4.69, 9.17) is 18.9 Å². The van der Waals surface area contributed by atoms with Gasteiger partial charge in [-0.05, 0) is 68.9 Å². The van der Waals surface area contributed by atoms with E-state index in [9.17, 15) is 35.9 Å². The van der Waals surface area contributed by atoms with E-state index in [0.29, 0.717) is 23.4 Å². The lowest BCUT2D eigenvalue weighted by Gasteiger charge is -2.43. The highest BCUT2D eigenvalue weighted by Crippen LogP contribution is 2.47. The smallest absolute Gasteiger partial charge is 0.416 e. The predicted octanol–water partition coefficient (Wildman–Crippen LogP) is 7.73.